The van der Waals surface area contributed by atoms with Crippen molar-refractivity contribution >= 4 is 5.71 Å². The van der Waals surface area contributed by atoms with Crippen molar-refractivity contribution in [3.8, 4) is 46.0 Å². The van der Waals surface area contributed by atoms with Crippen LogP contribution in [0.25, 0.3) is 0 Å². The van der Waals surface area contributed by atoms with Crippen molar-refractivity contribution in [2.75, 3.05) is 41.1 Å². The molecule has 0 radical (unpaired) electrons. The van der Waals surface area contributed by atoms with Crippen LogP contribution in [-0.4, -0.2) is 51.8 Å². The van der Waals surface area contributed by atoms with Gasteiger partial charge in [0.05, 0.1) is 14.2 Å². The highest BCUT2D eigenvalue weighted by Crippen LogP contribution is 2.52. The van der Waals surface area contributed by atoms with Gasteiger partial charge in [0, 0.05) is 42.4 Å². The number of hydrogen-bond donors (Lipinski definition) is 0. The van der Waals surface area contributed by atoms with Crippen molar-refractivity contribution in [1.82, 2.24) is 4.90 Å². The average Bonchev–Trinajstić information content (AvgIpc) is 3.52. The molecule has 0 amide bonds. The molecule has 0 unspecified atom stereocenters. The van der Waals surface area contributed by atoms with Crippen LogP contribution in [0.4, 0.5) is 0 Å². The maximum Gasteiger partial charge on any atom is 0.231 e. The van der Waals surface area contributed by atoms with Crippen molar-refractivity contribution in [3.63, 3.8) is 0 Å². The molecule has 4 aromatic rings. The molecule has 0 spiro atoms. The molecule has 0 saturated carbocycles. The van der Waals surface area contributed by atoms with Crippen LogP contribution in [-0.2, 0) is 25.7 Å². The highest BCUT2D eigenvalue weighted by molar-refractivity contribution is 6.04. The highest BCUT2D eigenvalue weighted by atomic mass is 16.7. The molecule has 0 saturated heterocycles. The van der Waals surface area contributed by atoms with Crippen molar-refractivity contribution in [1.29, 1.82) is 0 Å². The third-order valence-corrected chi connectivity index (χ3v) is 9.12. The third kappa shape index (κ3) is 4.61. The summed E-state index contributed by atoms with van der Waals surface area (Å²) < 4.78 is 36.8. The Morgan fingerprint density at radius 1 is 0.773 bits per heavy atom. The first-order valence-corrected chi connectivity index (χ1v) is 15.1. The summed E-state index contributed by atoms with van der Waals surface area (Å²) in [5, 5.41) is 0. The zero-order valence-electron chi connectivity index (χ0n) is 25.1. The molecule has 6 bridgehead atoms. The quantitative estimate of drug-likeness (QED) is 0.258. The van der Waals surface area contributed by atoms with Crippen molar-refractivity contribution < 1.29 is 28.4 Å². The number of likely N-dealkylation sites (N-methyl/N-ethyl adjacent to an activating group) is 1. The van der Waals surface area contributed by atoms with E-state index in [1.165, 1.54) is 11.1 Å². The largest absolute Gasteiger partial charge is 0.493 e. The normalized spacial score (nSPS) is 18.2. The van der Waals surface area contributed by atoms with Gasteiger partial charge in [-0.2, -0.15) is 0 Å². The number of fused-ring (bicyclic) bond motifs is 3. The lowest BCUT2D eigenvalue weighted by Gasteiger charge is -2.36. The minimum Gasteiger partial charge on any atom is -0.493 e. The third-order valence-electron chi connectivity index (χ3n) is 9.12. The van der Waals surface area contributed by atoms with Crippen molar-refractivity contribution in [2.45, 2.75) is 31.7 Å². The topological polar surface area (TPSA) is 71.0 Å². The minimum atomic E-state index is 0.0414. The fourth-order valence-corrected chi connectivity index (χ4v) is 6.80. The van der Waals surface area contributed by atoms with E-state index in [0.717, 1.165) is 77.6 Å². The van der Waals surface area contributed by atoms with Gasteiger partial charge in [0.15, 0.2) is 34.5 Å². The summed E-state index contributed by atoms with van der Waals surface area (Å²) in [7, 11) is 5.51. The molecule has 5 aliphatic heterocycles. The predicted octanol–water partition coefficient (Wildman–Crippen LogP) is 6.69. The standard InChI is InChI=1S/C36H34N2O6/c1-38-13-11-24-18-33-35(42-20-41-33)36-34(24)28(38)15-22-6-9-29(39-2)31(16-22)44-32-19-26-23(17-30(32)40-3)10-12-37-27(26)14-21-4-7-25(43-36)8-5-21/h4-9,16-19,28H,10-15,20H2,1-3H3/t28-/m1/s1. The molecule has 5 aliphatic rings. The van der Waals surface area contributed by atoms with Crippen LogP contribution in [0.3, 0.4) is 0 Å². The van der Waals surface area contributed by atoms with Crippen LogP contribution in [0.1, 0.15) is 39.4 Å². The summed E-state index contributed by atoms with van der Waals surface area (Å²) >= 11 is 0. The maximum atomic E-state index is 6.71. The number of benzene rings is 4. The van der Waals surface area contributed by atoms with Crippen LogP contribution in [0.5, 0.6) is 46.0 Å². The molecule has 0 aliphatic carbocycles. The number of methoxy groups -OCH3 is 2. The number of ether oxygens (including phenoxy) is 6. The van der Waals surface area contributed by atoms with E-state index in [2.05, 4.69) is 54.4 Å². The molecule has 5 heterocycles. The van der Waals surface area contributed by atoms with Gasteiger partial charge >= 0.3 is 0 Å². The lowest BCUT2D eigenvalue weighted by Crippen LogP contribution is -2.33. The average molecular weight is 591 g/mol. The smallest absolute Gasteiger partial charge is 0.231 e. The Morgan fingerprint density at radius 2 is 1.59 bits per heavy atom. The van der Waals surface area contributed by atoms with Crippen LogP contribution < -0.4 is 28.4 Å². The van der Waals surface area contributed by atoms with Gasteiger partial charge in [-0.25, -0.2) is 0 Å². The molecule has 44 heavy (non-hydrogen) atoms. The first-order valence-electron chi connectivity index (χ1n) is 15.1. The predicted molar refractivity (Wildman–Crippen MR) is 167 cm³/mol. The second-order valence-corrected chi connectivity index (χ2v) is 11.7. The first kappa shape index (κ1) is 26.9. The monoisotopic (exact) mass is 590 g/mol. The van der Waals surface area contributed by atoms with Gasteiger partial charge in [0.25, 0.3) is 0 Å². The molecule has 1 atom stereocenters. The molecule has 4 aromatic carbocycles. The van der Waals surface area contributed by atoms with Crippen molar-refractivity contribution in [2.24, 2.45) is 4.99 Å². The Bertz CT molecular complexity index is 1800. The second-order valence-electron chi connectivity index (χ2n) is 11.7. The molecule has 9 rings (SSSR count). The van der Waals surface area contributed by atoms with E-state index in [9.17, 15) is 0 Å². The van der Waals surface area contributed by atoms with E-state index >= 15 is 0 Å². The maximum absolute atomic E-state index is 6.71. The number of rotatable bonds is 2. The Balaban J connectivity index is 1.31. The Labute approximate surface area is 256 Å². The van der Waals surface area contributed by atoms with Gasteiger partial charge in [-0.1, -0.05) is 18.2 Å². The van der Waals surface area contributed by atoms with Gasteiger partial charge < -0.3 is 28.4 Å². The Hall–Kier alpha value is -4.69. The van der Waals surface area contributed by atoms with Gasteiger partial charge in [0.1, 0.15) is 5.75 Å². The van der Waals surface area contributed by atoms with Crippen LogP contribution >= 0.6 is 0 Å². The Kier molecular flexibility index (Phi) is 6.60. The Morgan fingerprint density at radius 3 is 2.43 bits per heavy atom. The van der Waals surface area contributed by atoms with Gasteiger partial charge in [-0.15, -0.1) is 0 Å². The zero-order valence-corrected chi connectivity index (χ0v) is 25.1. The molecule has 0 N–H and O–H groups in total. The SMILES string of the molecule is COc1ccc2cc1Oc1cc3c(cc1OC)CCN=C3Cc1ccc(cc1)Oc1c3c(cc4c1[C@@H](C2)N(C)CC4)OCO3. The van der Waals surface area contributed by atoms with Crippen molar-refractivity contribution in [3.05, 3.63) is 94.0 Å². The van der Waals surface area contributed by atoms with Crippen LogP contribution in [0.2, 0.25) is 0 Å². The number of hydrogen-bond acceptors (Lipinski definition) is 8. The van der Waals surface area contributed by atoms with E-state index < -0.39 is 0 Å². The summed E-state index contributed by atoms with van der Waals surface area (Å²) in [4.78, 5) is 7.32. The molecule has 0 fully saturated rings. The van der Waals surface area contributed by atoms with E-state index in [4.69, 9.17) is 33.4 Å². The summed E-state index contributed by atoms with van der Waals surface area (Å²) in [5.74, 6) is 5.50. The summed E-state index contributed by atoms with van der Waals surface area (Å²) in [5.41, 5.74) is 7.93. The van der Waals surface area contributed by atoms with E-state index in [-0.39, 0.29) is 12.8 Å². The fourth-order valence-electron chi connectivity index (χ4n) is 6.80. The molecule has 8 heteroatoms. The lowest BCUT2D eigenvalue weighted by atomic mass is 9.87. The molecular formula is C36H34N2O6. The number of aliphatic imine (C=N–C) groups is 1. The molecule has 224 valence electrons. The summed E-state index contributed by atoms with van der Waals surface area (Å²) in [6.45, 7) is 1.84. The first-order chi connectivity index (χ1) is 21.6. The van der Waals surface area contributed by atoms with E-state index in [1.807, 2.05) is 18.2 Å². The molecule has 8 nitrogen and oxygen atoms in total. The van der Waals surface area contributed by atoms with Gasteiger partial charge in [-0.05, 0) is 91.0 Å². The summed E-state index contributed by atoms with van der Waals surface area (Å²) in [6.07, 6.45) is 3.17. The number of nitrogens with zero attached hydrogens (tertiary/aromatic N) is 2. The highest BCUT2D eigenvalue weighted by Gasteiger charge is 2.35. The lowest BCUT2D eigenvalue weighted by molar-refractivity contribution is 0.171. The fraction of sp³-hybridized carbons (Fsp3) is 0.306. The second kappa shape index (κ2) is 10.8. The molecular weight excluding hydrogens is 556 g/mol. The van der Waals surface area contributed by atoms with Crippen LogP contribution in [0.15, 0.2) is 65.7 Å². The van der Waals surface area contributed by atoms with Gasteiger partial charge in [-0.3, -0.25) is 9.89 Å². The molecule has 0 aromatic heterocycles. The van der Waals surface area contributed by atoms with Crippen LogP contribution in [0, 0.1) is 0 Å². The van der Waals surface area contributed by atoms with E-state index in [1.54, 1.807) is 14.2 Å². The minimum absolute atomic E-state index is 0.0414. The van der Waals surface area contributed by atoms with Gasteiger partial charge in [0.2, 0.25) is 12.5 Å². The zero-order chi connectivity index (χ0) is 29.8. The van der Waals surface area contributed by atoms with E-state index in [0.29, 0.717) is 35.2 Å². The summed E-state index contributed by atoms with van der Waals surface area (Å²) in [6, 6.07) is 20.8.